The molecule has 4 aromatic rings. The van der Waals surface area contributed by atoms with Gasteiger partial charge in [0.2, 0.25) is 0 Å². The van der Waals surface area contributed by atoms with Crippen LogP contribution in [0.3, 0.4) is 0 Å². The monoisotopic (exact) mass is 552 g/mol. The highest BCUT2D eigenvalue weighted by Gasteiger charge is 2.35. The third kappa shape index (κ3) is 6.21. The summed E-state index contributed by atoms with van der Waals surface area (Å²) in [5, 5.41) is -2.81. The molecule has 0 aliphatic carbocycles. The number of halogens is 4. The molecule has 2 atom stereocenters. The molecule has 4 aromatic carbocycles. The van der Waals surface area contributed by atoms with E-state index in [4.69, 9.17) is 11.5 Å². The zero-order chi connectivity index (χ0) is 28.2. The van der Waals surface area contributed by atoms with E-state index < -0.39 is 43.6 Å². The second-order valence-corrected chi connectivity index (χ2v) is 10.9. The molecule has 4 rings (SSSR count). The maximum absolute atomic E-state index is 14.4. The molecule has 0 bridgehead atoms. The minimum Gasteiger partial charge on any atom is -0.398 e. The number of sulfone groups is 1. The number of benzene rings is 4. The summed E-state index contributed by atoms with van der Waals surface area (Å²) in [5.74, 6) is -3.31. The molecule has 0 fully saturated rings. The van der Waals surface area contributed by atoms with Crippen molar-refractivity contribution in [3.8, 4) is 0 Å². The molecule has 0 aromatic heterocycles. The van der Waals surface area contributed by atoms with Crippen molar-refractivity contribution in [2.75, 3.05) is 11.5 Å². The first-order valence-corrected chi connectivity index (χ1v) is 13.4. The summed E-state index contributed by atoms with van der Waals surface area (Å²) in [6, 6.07) is 18.4. The summed E-state index contributed by atoms with van der Waals surface area (Å²) in [6.07, 6.45) is 4.99. The van der Waals surface area contributed by atoms with E-state index in [0.717, 1.165) is 12.1 Å². The fraction of sp³-hybridized carbons (Fsp3) is 0.0667. The topological polar surface area (TPSA) is 86.2 Å². The van der Waals surface area contributed by atoms with E-state index in [1.165, 1.54) is 60.7 Å². The predicted octanol–water partition coefficient (Wildman–Crippen LogP) is 7.03. The Morgan fingerprint density at radius 2 is 0.974 bits per heavy atom. The Labute approximate surface area is 223 Å². The Bertz CT molecular complexity index is 1550. The zero-order valence-corrected chi connectivity index (χ0v) is 21.3. The Morgan fingerprint density at radius 3 is 1.33 bits per heavy atom. The van der Waals surface area contributed by atoms with Crippen LogP contribution in [0.25, 0.3) is 12.2 Å². The number of hydrogen-bond donors (Lipinski definition) is 2. The van der Waals surface area contributed by atoms with Crippen molar-refractivity contribution in [1.82, 2.24) is 0 Å². The molecule has 0 radical (unpaired) electrons. The van der Waals surface area contributed by atoms with Gasteiger partial charge < -0.3 is 11.5 Å². The van der Waals surface area contributed by atoms with Crippen LogP contribution in [0.5, 0.6) is 0 Å². The molecule has 0 saturated carbocycles. The van der Waals surface area contributed by atoms with E-state index >= 15 is 0 Å². The lowest BCUT2D eigenvalue weighted by Crippen LogP contribution is -2.20. The fourth-order valence-electron chi connectivity index (χ4n) is 4.13. The molecule has 0 aliphatic heterocycles. The average Bonchev–Trinajstić information content (AvgIpc) is 2.88. The highest BCUT2D eigenvalue weighted by molar-refractivity contribution is 7.92. The van der Waals surface area contributed by atoms with E-state index in [2.05, 4.69) is 0 Å². The minimum absolute atomic E-state index is 0.0363. The lowest BCUT2D eigenvalue weighted by molar-refractivity contribution is 0.580. The van der Waals surface area contributed by atoms with Crippen LogP contribution in [0.4, 0.5) is 28.9 Å². The maximum atomic E-state index is 14.4. The van der Waals surface area contributed by atoms with Crippen molar-refractivity contribution in [3.63, 3.8) is 0 Å². The number of para-hydroxylation sites is 2. The summed E-state index contributed by atoms with van der Waals surface area (Å²) in [6.45, 7) is 0. The lowest BCUT2D eigenvalue weighted by Gasteiger charge is -2.23. The second kappa shape index (κ2) is 11.6. The molecule has 2 unspecified atom stereocenters. The molecule has 4 nitrogen and oxygen atoms in total. The van der Waals surface area contributed by atoms with E-state index in [1.807, 2.05) is 0 Å². The number of hydrogen-bond acceptors (Lipinski definition) is 4. The van der Waals surface area contributed by atoms with E-state index in [1.54, 1.807) is 24.3 Å². The third-order valence-corrected chi connectivity index (χ3v) is 8.38. The van der Waals surface area contributed by atoms with Gasteiger partial charge >= 0.3 is 0 Å². The SMILES string of the molecule is Nc1ccccc1C(/C=C\c1ccc(F)cc1F)S(=O)(=O)C(/C=C\c1ccc(F)cc1F)c1ccccc1N. The van der Waals surface area contributed by atoms with Crippen LogP contribution in [0.15, 0.2) is 97.1 Å². The first kappa shape index (κ1) is 27.7. The molecule has 0 spiro atoms. The van der Waals surface area contributed by atoms with Gasteiger partial charge in [0, 0.05) is 34.6 Å². The van der Waals surface area contributed by atoms with Gasteiger partial charge in [0.25, 0.3) is 0 Å². The summed E-state index contributed by atoms with van der Waals surface area (Å²) >= 11 is 0. The van der Waals surface area contributed by atoms with Gasteiger partial charge in [-0.2, -0.15) is 0 Å². The molecular formula is C30H24F4N2O2S. The molecule has 4 N–H and O–H groups in total. The van der Waals surface area contributed by atoms with Crippen LogP contribution in [-0.2, 0) is 9.84 Å². The third-order valence-electron chi connectivity index (χ3n) is 6.14. The van der Waals surface area contributed by atoms with Crippen molar-refractivity contribution >= 4 is 33.4 Å². The lowest BCUT2D eigenvalue weighted by atomic mass is 10.1. The van der Waals surface area contributed by atoms with Crippen molar-refractivity contribution in [2.45, 2.75) is 10.5 Å². The van der Waals surface area contributed by atoms with E-state index in [0.29, 0.717) is 12.1 Å². The predicted molar refractivity (Wildman–Crippen MR) is 147 cm³/mol. The highest BCUT2D eigenvalue weighted by Crippen LogP contribution is 2.40. The summed E-state index contributed by atoms with van der Waals surface area (Å²) < 4.78 is 84.3. The van der Waals surface area contributed by atoms with Gasteiger partial charge in [0.1, 0.15) is 33.8 Å². The molecule has 0 amide bonds. The highest BCUT2D eigenvalue weighted by atomic mass is 32.2. The van der Waals surface area contributed by atoms with Crippen molar-refractivity contribution in [1.29, 1.82) is 0 Å². The molecule has 9 heteroatoms. The van der Waals surface area contributed by atoms with Gasteiger partial charge in [-0.25, -0.2) is 26.0 Å². The van der Waals surface area contributed by atoms with Gasteiger partial charge in [0.15, 0.2) is 9.84 Å². The van der Waals surface area contributed by atoms with Gasteiger partial charge in [0.05, 0.1) is 0 Å². The van der Waals surface area contributed by atoms with E-state index in [-0.39, 0.29) is 33.6 Å². The molecule has 39 heavy (non-hydrogen) atoms. The van der Waals surface area contributed by atoms with Crippen LogP contribution in [0.1, 0.15) is 32.8 Å². The van der Waals surface area contributed by atoms with Crippen LogP contribution in [0, 0.1) is 23.3 Å². The number of rotatable bonds is 8. The first-order chi connectivity index (χ1) is 18.6. The normalized spacial score (nSPS) is 13.6. The van der Waals surface area contributed by atoms with Crippen LogP contribution >= 0.6 is 0 Å². The van der Waals surface area contributed by atoms with Crippen LogP contribution in [-0.4, -0.2) is 8.42 Å². The number of nitrogen functional groups attached to an aromatic ring is 2. The number of anilines is 2. The van der Waals surface area contributed by atoms with Crippen molar-refractivity contribution < 1.29 is 26.0 Å². The smallest absolute Gasteiger partial charge is 0.171 e. The minimum atomic E-state index is -4.32. The van der Waals surface area contributed by atoms with Gasteiger partial charge in [-0.15, -0.1) is 0 Å². The average molecular weight is 553 g/mol. The maximum Gasteiger partial charge on any atom is 0.171 e. The largest absolute Gasteiger partial charge is 0.398 e. The zero-order valence-electron chi connectivity index (χ0n) is 20.4. The Balaban J connectivity index is 1.89. The first-order valence-electron chi connectivity index (χ1n) is 11.8. The van der Waals surface area contributed by atoms with Crippen LogP contribution in [0.2, 0.25) is 0 Å². The summed E-state index contributed by atoms with van der Waals surface area (Å²) in [5.41, 5.74) is 13.0. The molecule has 0 aliphatic rings. The molecular weight excluding hydrogens is 528 g/mol. The standard InChI is InChI=1S/C30H24F4N2O2S/c31-21-13-9-19(25(33)17-21)11-15-29(23-5-1-3-7-27(23)35)39(37,38)30(24-6-2-4-8-28(24)36)16-12-20-10-14-22(32)18-26(20)34/h1-18,29-30H,35-36H2/b15-11-,16-12-. The molecule has 0 heterocycles. The second-order valence-electron chi connectivity index (χ2n) is 8.74. The number of nitrogens with two attached hydrogens (primary N) is 2. The molecule has 200 valence electrons. The summed E-state index contributed by atoms with van der Waals surface area (Å²) in [7, 11) is -4.32. The van der Waals surface area contributed by atoms with Gasteiger partial charge in [-0.3, -0.25) is 0 Å². The fourth-order valence-corrected chi connectivity index (χ4v) is 6.18. The Hall–Kier alpha value is -4.37. The Kier molecular flexibility index (Phi) is 8.21. The van der Waals surface area contributed by atoms with Crippen molar-refractivity contribution in [3.05, 3.63) is 143 Å². The quantitative estimate of drug-likeness (QED) is 0.182. The summed E-state index contributed by atoms with van der Waals surface area (Å²) in [4.78, 5) is 0. The van der Waals surface area contributed by atoms with Crippen LogP contribution < -0.4 is 11.5 Å². The van der Waals surface area contributed by atoms with Gasteiger partial charge in [-0.1, -0.05) is 60.7 Å². The molecule has 0 saturated heterocycles. The van der Waals surface area contributed by atoms with Crippen molar-refractivity contribution in [2.24, 2.45) is 0 Å². The van der Waals surface area contributed by atoms with Gasteiger partial charge in [-0.05, 0) is 47.5 Å². The van der Waals surface area contributed by atoms with E-state index in [9.17, 15) is 26.0 Å². The Morgan fingerprint density at radius 1 is 0.590 bits per heavy atom.